The molecule has 3 rings (SSSR count). The van der Waals surface area contributed by atoms with Gasteiger partial charge in [0.1, 0.15) is 5.75 Å². The molecule has 2 aromatic carbocycles. The van der Waals surface area contributed by atoms with E-state index in [2.05, 4.69) is 28.4 Å². The van der Waals surface area contributed by atoms with Crippen molar-refractivity contribution in [3.8, 4) is 5.75 Å². The Morgan fingerprint density at radius 1 is 1.15 bits per heavy atom. The molecular weight excluding hydrogens is 342 g/mol. The van der Waals surface area contributed by atoms with E-state index in [4.69, 9.17) is 9.47 Å². The van der Waals surface area contributed by atoms with Crippen LogP contribution in [0.2, 0.25) is 0 Å². The van der Waals surface area contributed by atoms with Crippen LogP contribution >= 0.6 is 0 Å². The molecule has 0 atom stereocenters. The van der Waals surface area contributed by atoms with Crippen LogP contribution in [0.3, 0.4) is 0 Å². The lowest BCUT2D eigenvalue weighted by atomic mass is 10.1. The summed E-state index contributed by atoms with van der Waals surface area (Å²) in [5, 5.41) is 2.92. The lowest BCUT2D eigenvalue weighted by Crippen LogP contribution is -2.37. The molecule has 0 unspecified atom stereocenters. The number of methoxy groups -OCH3 is 1. The third kappa shape index (κ3) is 5.45. The van der Waals surface area contributed by atoms with Gasteiger partial charge >= 0.3 is 0 Å². The number of carbonyl (C=O) groups is 1. The molecule has 0 aliphatic carbocycles. The summed E-state index contributed by atoms with van der Waals surface area (Å²) in [6.45, 7) is 4.35. The van der Waals surface area contributed by atoms with Crippen molar-refractivity contribution < 1.29 is 14.3 Å². The fraction of sp³-hybridized carbons (Fsp3) is 0.381. The van der Waals surface area contributed by atoms with Gasteiger partial charge in [0.15, 0.2) is 0 Å². The first-order valence-electron chi connectivity index (χ1n) is 9.19. The highest BCUT2D eigenvalue weighted by Crippen LogP contribution is 2.22. The van der Waals surface area contributed by atoms with E-state index in [9.17, 15) is 4.79 Å². The van der Waals surface area contributed by atoms with Gasteiger partial charge < -0.3 is 19.7 Å². The van der Waals surface area contributed by atoms with Gasteiger partial charge in [0, 0.05) is 31.0 Å². The highest BCUT2D eigenvalue weighted by Gasteiger charge is 2.16. The van der Waals surface area contributed by atoms with Crippen LogP contribution < -0.4 is 15.0 Å². The van der Waals surface area contributed by atoms with Crippen LogP contribution in [0.4, 0.5) is 11.4 Å². The Morgan fingerprint density at radius 3 is 2.56 bits per heavy atom. The van der Waals surface area contributed by atoms with E-state index in [1.807, 2.05) is 42.3 Å². The number of para-hydroxylation sites is 1. The molecule has 0 spiro atoms. The zero-order chi connectivity index (χ0) is 19.1. The highest BCUT2D eigenvalue weighted by atomic mass is 16.5. The minimum atomic E-state index is -0.0356. The van der Waals surface area contributed by atoms with Gasteiger partial charge in [0.05, 0.1) is 26.9 Å². The molecule has 6 nitrogen and oxygen atoms in total. The Labute approximate surface area is 160 Å². The number of ether oxygens (including phenoxy) is 2. The molecule has 1 amide bonds. The molecule has 1 aliphatic rings. The normalized spacial score (nSPS) is 14.3. The van der Waals surface area contributed by atoms with Gasteiger partial charge in [-0.05, 0) is 42.9 Å². The molecule has 2 aromatic rings. The second-order valence-corrected chi connectivity index (χ2v) is 6.68. The number of benzene rings is 2. The molecule has 1 aliphatic heterocycles. The molecule has 1 saturated heterocycles. The van der Waals surface area contributed by atoms with Gasteiger partial charge in [-0.15, -0.1) is 0 Å². The Bertz CT molecular complexity index is 743. The van der Waals surface area contributed by atoms with Crippen LogP contribution in [0.25, 0.3) is 0 Å². The third-order valence-electron chi connectivity index (χ3n) is 4.57. The van der Waals surface area contributed by atoms with E-state index >= 15 is 0 Å². The molecule has 1 heterocycles. The highest BCUT2D eigenvalue weighted by molar-refractivity contribution is 5.92. The summed E-state index contributed by atoms with van der Waals surface area (Å²) in [4.78, 5) is 16.7. The Hall–Kier alpha value is -2.57. The van der Waals surface area contributed by atoms with Gasteiger partial charge in [0.2, 0.25) is 5.91 Å². The summed E-state index contributed by atoms with van der Waals surface area (Å²) < 4.78 is 10.6. The van der Waals surface area contributed by atoms with Crippen LogP contribution in [-0.2, 0) is 16.1 Å². The lowest BCUT2D eigenvalue weighted by molar-refractivity contribution is -0.117. The number of nitrogens with zero attached hydrogens (tertiary/aromatic N) is 2. The van der Waals surface area contributed by atoms with Crippen LogP contribution in [-0.4, -0.2) is 57.8 Å². The minimum Gasteiger partial charge on any atom is -0.497 e. The lowest BCUT2D eigenvalue weighted by Gasteiger charge is -2.31. The van der Waals surface area contributed by atoms with Crippen molar-refractivity contribution in [2.24, 2.45) is 0 Å². The summed E-state index contributed by atoms with van der Waals surface area (Å²) >= 11 is 0. The number of amides is 1. The molecule has 0 radical (unpaired) electrons. The van der Waals surface area contributed by atoms with Crippen molar-refractivity contribution in [1.82, 2.24) is 4.90 Å². The fourth-order valence-electron chi connectivity index (χ4n) is 3.22. The van der Waals surface area contributed by atoms with Gasteiger partial charge in [-0.2, -0.15) is 0 Å². The zero-order valence-electron chi connectivity index (χ0n) is 16.0. The van der Waals surface area contributed by atoms with Crippen LogP contribution in [0.5, 0.6) is 5.75 Å². The molecule has 0 bridgehead atoms. The second kappa shape index (κ2) is 9.39. The van der Waals surface area contributed by atoms with Crippen molar-refractivity contribution in [1.29, 1.82) is 0 Å². The number of rotatable bonds is 7. The van der Waals surface area contributed by atoms with Gasteiger partial charge in [-0.3, -0.25) is 9.69 Å². The van der Waals surface area contributed by atoms with Crippen LogP contribution in [0.15, 0.2) is 48.5 Å². The molecule has 0 saturated carbocycles. The number of carbonyl (C=O) groups excluding carboxylic acids is 1. The second-order valence-electron chi connectivity index (χ2n) is 6.68. The Balaban J connectivity index is 1.57. The topological polar surface area (TPSA) is 54.0 Å². The largest absolute Gasteiger partial charge is 0.497 e. The number of morpholine rings is 1. The maximum Gasteiger partial charge on any atom is 0.238 e. The number of anilines is 2. The van der Waals surface area contributed by atoms with E-state index < -0.39 is 0 Å². The van der Waals surface area contributed by atoms with Gasteiger partial charge in [-0.25, -0.2) is 0 Å². The first kappa shape index (κ1) is 19.2. The van der Waals surface area contributed by atoms with Crippen molar-refractivity contribution in [2.45, 2.75) is 6.54 Å². The Morgan fingerprint density at radius 2 is 1.85 bits per heavy atom. The minimum absolute atomic E-state index is 0.0356. The van der Waals surface area contributed by atoms with Crippen molar-refractivity contribution in [3.05, 3.63) is 54.1 Å². The van der Waals surface area contributed by atoms with Crippen molar-refractivity contribution >= 4 is 17.3 Å². The van der Waals surface area contributed by atoms with Gasteiger partial charge in [-0.1, -0.05) is 18.2 Å². The smallest absolute Gasteiger partial charge is 0.238 e. The number of nitrogens with one attached hydrogen (secondary N) is 1. The standard InChI is InChI=1S/C21H27N3O3/c1-23(16-21(25)22-18-7-9-19(26-2)10-8-18)15-17-5-3-4-6-20(17)24-11-13-27-14-12-24/h3-10H,11-16H2,1-2H3,(H,22,25). The summed E-state index contributed by atoms with van der Waals surface area (Å²) in [5.41, 5.74) is 3.21. The molecule has 0 aromatic heterocycles. The number of hydrogen-bond donors (Lipinski definition) is 1. The predicted molar refractivity (Wildman–Crippen MR) is 107 cm³/mol. The third-order valence-corrected chi connectivity index (χ3v) is 4.57. The number of hydrogen-bond acceptors (Lipinski definition) is 5. The maximum atomic E-state index is 12.3. The zero-order valence-corrected chi connectivity index (χ0v) is 16.0. The average molecular weight is 369 g/mol. The van der Waals surface area contributed by atoms with Crippen molar-refractivity contribution in [2.75, 3.05) is 57.2 Å². The summed E-state index contributed by atoms with van der Waals surface area (Å²) in [7, 11) is 3.58. The van der Waals surface area contributed by atoms with Gasteiger partial charge in [0.25, 0.3) is 0 Å². The monoisotopic (exact) mass is 369 g/mol. The molecule has 6 heteroatoms. The maximum absolute atomic E-state index is 12.3. The molecule has 1 fully saturated rings. The predicted octanol–water partition coefficient (Wildman–Crippen LogP) is 2.60. The van der Waals surface area contributed by atoms with Crippen molar-refractivity contribution in [3.63, 3.8) is 0 Å². The van der Waals surface area contributed by atoms with E-state index in [1.54, 1.807) is 7.11 Å². The average Bonchev–Trinajstić information content (AvgIpc) is 2.69. The molecule has 1 N–H and O–H groups in total. The molecule has 27 heavy (non-hydrogen) atoms. The summed E-state index contributed by atoms with van der Waals surface area (Å²) in [6.07, 6.45) is 0. The van der Waals surface area contributed by atoms with Crippen LogP contribution in [0.1, 0.15) is 5.56 Å². The van der Waals surface area contributed by atoms with Crippen LogP contribution in [0, 0.1) is 0 Å². The molecule has 144 valence electrons. The summed E-state index contributed by atoms with van der Waals surface area (Å²) in [6, 6.07) is 15.7. The fourth-order valence-corrected chi connectivity index (χ4v) is 3.22. The first-order chi connectivity index (χ1) is 13.2. The quantitative estimate of drug-likeness (QED) is 0.813. The van der Waals surface area contributed by atoms with E-state index in [-0.39, 0.29) is 5.91 Å². The van der Waals surface area contributed by atoms with E-state index in [0.29, 0.717) is 13.1 Å². The Kier molecular flexibility index (Phi) is 6.68. The first-order valence-corrected chi connectivity index (χ1v) is 9.19. The van der Waals surface area contributed by atoms with E-state index in [0.717, 1.165) is 37.7 Å². The number of likely N-dealkylation sites (N-methyl/N-ethyl adjacent to an activating group) is 1. The SMILES string of the molecule is COc1ccc(NC(=O)CN(C)Cc2ccccc2N2CCOCC2)cc1. The summed E-state index contributed by atoms with van der Waals surface area (Å²) in [5.74, 6) is 0.733. The van der Waals surface area contributed by atoms with E-state index in [1.165, 1.54) is 11.3 Å². The molecular formula is C21H27N3O3.